The van der Waals surface area contributed by atoms with Gasteiger partial charge in [0.1, 0.15) is 6.61 Å². The predicted octanol–water partition coefficient (Wildman–Crippen LogP) is 4.79. The molecule has 0 aliphatic rings. The van der Waals surface area contributed by atoms with Gasteiger partial charge in [-0.25, -0.2) is 9.78 Å². The minimum Gasteiger partial charge on any atom is -0.456 e. The van der Waals surface area contributed by atoms with Gasteiger partial charge in [-0.1, -0.05) is 53.8 Å². The minimum atomic E-state index is -0.761. The van der Waals surface area contributed by atoms with E-state index >= 15 is 0 Å². The molecule has 0 aliphatic heterocycles. The third kappa shape index (κ3) is 4.59. The van der Waals surface area contributed by atoms with Crippen molar-refractivity contribution in [1.82, 2.24) is 9.38 Å². The molecule has 0 fully saturated rings. The van der Waals surface area contributed by atoms with E-state index in [1.807, 2.05) is 54.6 Å². The Bertz CT molecular complexity index is 1630. The molecular weight excluding hydrogens is 468 g/mol. The molecule has 2 heterocycles. The first-order valence-corrected chi connectivity index (χ1v) is 11.4. The van der Waals surface area contributed by atoms with Crippen molar-refractivity contribution in [2.24, 2.45) is 0 Å². The lowest BCUT2D eigenvalue weighted by Gasteiger charge is -2.12. The van der Waals surface area contributed by atoms with Crippen molar-refractivity contribution in [3.05, 3.63) is 116 Å². The van der Waals surface area contributed by atoms with Crippen LogP contribution in [-0.4, -0.2) is 20.3 Å². The van der Waals surface area contributed by atoms with Crippen LogP contribution >= 0.6 is 11.3 Å². The first kappa shape index (κ1) is 22.2. The zero-order chi connectivity index (χ0) is 24.4. The lowest BCUT2D eigenvalue weighted by Crippen LogP contribution is -2.16. The fourth-order valence-corrected chi connectivity index (χ4v) is 4.73. The van der Waals surface area contributed by atoms with Crippen LogP contribution in [0.2, 0.25) is 0 Å². The third-order valence-corrected chi connectivity index (χ3v) is 6.38. The second-order valence-electron chi connectivity index (χ2n) is 7.68. The van der Waals surface area contributed by atoms with E-state index in [4.69, 9.17) is 4.74 Å². The van der Waals surface area contributed by atoms with Gasteiger partial charge >= 0.3 is 5.97 Å². The Morgan fingerprint density at radius 3 is 2.63 bits per heavy atom. The van der Waals surface area contributed by atoms with Crippen molar-refractivity contribution < 1.29 is 14.5 Å². The Kier molecular flexibility index (Phi) is 5.94. The smallest absolute Gasteiger partial charge is 0.340 e. The number of carbonyl (C=O) groups is 1. The van der Waals surface area contributed by atoms with E-state index in [2.05, 4.69) is 10.3 Å². The zero-order valence-electron chi connectivity index (χ0n) is 18.2. The summed E-state index contributed by atoms with van der Waals surface area (Å²) in [7, 11) is 0. The molecule has 5 aromatic rings. The van der Waals surface area contributed by atoms with Gasteiger partial charge in [0.15, 0.2) is 4.96 Å². The molecule has 0 bridgehead atoms. The number of hydrogen-bond acceptors (Lipinski definition) is 8. The fourth-order valence-electron chi connectivity index (χ4n) is 3.68. The van der Waals surface area contributed by atoms with Crippen LogP contribution in [0.3, 0.4) is 0 Å². The normalized spacial score (nSPS) is 11.0. The Labute approximate surface area is 202 Å². The fraction of sp³-hybridized carbons (Fsp3) is 0.0800. The third-order valence-electron chi connectivity index (χ3n) is 5.36. The number of non-ortho nitro benzene ring substituents is 1. The Morgan fingerprint density at radius 2 is 1.83 bits per heavy atom. The van der Waals surface area contributed by atoms with E-state index in [1.165, 1.54) is 40.0 Å². The summed E-state index contributed by atoms with van der Waals surface area (Å²) in [6.45, 7) is 0.166. The molecule has 5 rings (SSSR count). The van der Waals surface area contributed by atoms with Crippen LogP contribution < -0.4 is 10.9 Å². The van der Waals surface area contributed by atoms with Gasteiger partial charge in [-0.05, 0) is 23.8 Å². The zero-order valence-corrected chi connectivity index (χ0v) is 19.0. The summed E-state index contributed by atoms with van der Waals surface area (Å²) in [5, 5.41) is 14.4. The molecular formula is C25H18N4O5S. The van der Waals surface area contributed by atoms with E-state index in [0.29, 0.717) is 22.9 Å². The number of benzene rings is 3. The lowest BCUT2D eigenvalue weighted by molar-refractivity contribution is -0.384. The van der Waals surface area contributed by atoms with Gasteiger partial charge in [0.25, 0.3) is 11.2 Å². The van der Waals surface area contributed by atoms with E-state index < -0.39 is 10.9 Å². The summed E-state index contributed by atoms with van der Waals surface area (Å²) in [6, 6.07) is 22.3. The van der Waals surface area contributed by atoms with Crippen molar-refractivity contribution in [3.8, 4) is 0 Å². The van der Waals surface area contributed by atoms with Gasteiger partial charge in [-0.15, -0.1) is 0 Å². The predicted molar refractivity (Wildman–Crippen MR) is 133 cm³/mol. The number of nitrogens with zero attached hydrogens (tertiary/aromatic N) is 3. The number of hydrogen-bond donors (Lipinski definition) is 1. The molecule has 0 saturated carbocycles. The summed E-state index contributed by atoms with van der Waals surface area (Å²) in [6.07, 6.45) is 0. The van der Waals surface area contributed by atoms with Crippen LogP contribution in [0.4, 0.5) is 11.4 Å². The maximum absolute atomic E-state index is 12.9. The van der Waals surface area contributed by atoms with Crippen molar-refractivity contribution in [2.45, 2.75) is 13.2 Å². The maximum atomic E-state index is 12.9. The first-order chi connectivity index (χ1) is 17.0. The highest BCUT2D eigenvalue weighted by Crippen LogP contribution is 2.25. The van der Waals surface area contributed by atoms with Crippen LogP contribution in [0.15, 0.2) is 83.7 Å². The highest BCUT2D eigenvalue weighted by atomic mass is 32.1. The average molecular weight is 487 g/mol. The number of fused-ring (bicyclic) bond motifs is 3. The van der Waals surface area contributed by atoms with E-state index in [9.17, 15) is 19.7 Å². The molecule has 35 heavy (non-hydrogen) atoms. The quantitative estimate of drug-likeness (QED) is 0.200. The standard InChI is InChI=1S/C25H18N4O5S/c30-23-12-17(27-25-28(23)21-8-4-5-9-22(21)35-25)15-34-24(31)19-13-18(29(32)33)10-11-20(19)26-14-16-6-2-1-3-7-16/h1-13,26H,14-15H2. The second kappa shape index (κ2) is 9.35. The SMILES string of the molecule is O=C(OCc1cc(=O)n2c(n1)sc1ccccc12)c1cc([N+](=O)[O-])ccc1NCc1ccccc1. The van der Waals surface area contributed by atoms with E-state index in [-0.39, 0.29) is 23.4 Å². The molecule has 0 atom stereocenters. The topological polar surface area (TPSA) is 116 Å². The van der Waals surface area contributed by atoms with Crippen molar-refractivity contribution >= 4 is 43.9 Å². The van der Waals surface area contributed by atoms with Crippen LogP contribution in [0, 0.1) is 10.1 Å². The number of rotatable bonds is 7. The van der Waals surface area contributed by atoms with Crippen LogP contribution in [0.1, 0.15) is 21.6 Å². The molecule has 0 aliphatic carbocycles. The average Bonchev–Trinajstić information content (AvgIpc) is 3.25. The van der Waals surface area contributed by atoms with Gasteiger partial charge in [0.05, 0.1) is 26.4 Å². The van der Waals surface area contributed by atoms with Gasteiger partial charge in [0.2, 0.25) is 0 Å². The van der Waals surface area contributed by atoms with Gasteiger partial charge in [-0.2, -0.15) is 0 Å². The number of nitrogens with one attached hydrogen (secondary N) is 1. The number of nitro groups is 1. The van der Waals surface area contributed by atoms with Crippen LogP contribution in [0.25, 0.3) is 15.2 Å². The van der Waals surface area contributed by atoms with Gasteiger partial charge in [0, 0.05) is 30.4 Å². The number of ether oxygens (including phenoxy) is 1. The molecule has 9 nitrogen and oxygen atoms in total. The molecule has 2 aromatic heterocycles. The molecule has 0 spiro atoms. The van der Waals surface area contributed by atoms with Gasteiger partial charge in [-0.3, -0.25) is 19.3 Å². The molecule has 0 saturated heterocycles. The second-order valence-corrected chi connectivity index (χ2v) is 8.68. The maximum Gasteiger partial charge on any atom is 0.340 e. The van der Waals surface area contributed by atoms with Crippen molar-refractivity contribution in [3.63, 3.8) is 0 Å². The Morgan fingerprint density at radius 1 is 1.06 bits per heavy atom. The van der Waals surface area contributed by atoms with Crippen LogP contribution in [-0.2, 0) is 17.9 Å². The number of esters is 1. The van der Waals surface area contributed by atoms with E-state index in [0.717, 1.165) is 15.8 Å². The molecule has 10 heteroatoms. The van der Waals surface area contributed by atoms with Crippen LogP contribution in [0.5, 0.6) is 0 Å². The molecule has 0 radical (unpaired) electrons. The first-order valence-electron chi connectivity index (χ1n) is 10.6. The number of anilines is 1. The number of thiazole rings is 1. The lowest BCUT2D eigenvalue weighted by atomic mass is 10.1. The summed E-state index contributed by atoms with van der Waals surface area (Å²) >= 11 is 1.36. The monoisotopic (exact) mass is 486 g/mol. The summed E-state index contributed by atoms with van der Waals surface area (Å²) in [5.74, 6) is -0.761. The van der Waals surface area contributed by atoms with E-state index in [1.54, 1.807) is 0 Å². The number of para-hydroxylation sites is 1. The van der Waals surface area contributed by atoms with Crippen molar-refractivity contribution in [2.75, 3.05) is 5.32 Å². The molecule has 3 aromatic carbocycles. The summed E-state index contributed by atoms with van der Waals surface area (Å²) < 4.78 is 7.84. The van der Waals surface area contributed by atoms with Gasteiger partial charge < -0.3 is 10.1 Å². The highest BCUT2D eigenvalue weighted by Gasteiger charge is 2.19. The Hall–Kier alpha value is -4.57. The summed E-state index contributed by atoms with van der Waals surface area (Å²) in [5.41, 5.74) is 1.95. The van der Waals surface area contributed by atoms with Crippen molar-refractivity contribution in [1.29, 1.82) is 0 Å². The number of nitro benzene ring substituents is 1. The molecule has 1 N–H and O–H groups in total. The number of aromatic nitrogens is 2. The Balaban J connectivity index is 1.39. The highest BCUT2D eigenvalue weighted by molar-refractivity contribution is 7.23. The molecule has 0 unspecified atom stereocenters. The number of carbonyl (C=O) groups excluding carboxylic acids is 1. The summed E-state index contributed by atoms with van der Waals surface area (Å²) in [4.78, 5) is 41.3. The minimum absolute atomic E-state index is 0.0230. The molecule has 174 valence electrons. The molecule has 0 amide bonds. The largest absolute Gasteiger partial charge is 0.456 e.